The van der Waals surface area contributed by atoms with Crippen molar-refractivity contribution in [2.45, 2.75) is 25.8 Å². The van der Waals surface area contributed by atoms with Gasteiger partial charge in [0, 0.05) is 19.1 Å². The molecule has 0 unspecified atom stereocenters. The van der Waals surface area contributed by atoms with E-state index in [0.29, 0.717) is 43.1 Å². The molecule has 2 amide bonds. The predicted molar refractivity (Wildman–Crippen MR) is 94.4 cm³/mol. The van der Waals surface area contributed by atoms with E-state index in [9.17, 15) is 9.59 Å². The molecule has 26 heavy (non-hydrogen) atoms. The fraction of sp³-hybridized carbons (Fsp3) is 0.389. The third-order valence-corrected chi connectivity index (χ3v) is 4.41. The molecule has 1 aromatic carbocycles. The van der Waals surface area contributed by atoms with Crippen LogP contribution < -0.4 is 14.8 Å². The number of rotatable bonds is 4. The summed E-state index contributed by atoms with van der Waals surface area (Å²) in [4.78, 5) is 26.1. The van der Waals surface area contributed by atoms with Crippen LogP contribution in [0.2, 0.25) is 0 Å². The average Bonchev–Trinajstić information content (AvgIpc) is 3.09. The fourth-order valence-electron chi connectivity index (χ4n) is 2.85. The number of aryl methyl sites for hydroxylation is 1. The zero-order valence-corrected chi connectivity index (χ0v) is 14.8. The lowest BCUT2D eigenvalue weighted by Crippen LogP contribution is -2.47. The largest absolute Gasteiger partial charge is 0.497 e. The molecule has 0 atom stereocenters. The van der Waals surface area contributed by atoms with Gasteiger partial charge < -0.3 is 19.7 Å². The van der Waals surface area contributed by atoms with Crippen LogP contribution in [-0.4, -0.2) is 53.3 Å². The second kappa shape index (κ2) is 7.90. The van der Waals surface area contributed by atoms with Crippen LogP contribution in [0.5, 0.6) is 11.5 Å². The highest BCUT2D eigenvalue weighted by Crippen LogP contribution is 2.19. The first kappa shape index (κ1) is 17.8. The number of ether oxygens (including phenoxy) is 2. The molecule has 8 nitrogen and oxygen atoms in total. The minimum Gasteiger partial charge on any atom is -0.497 e. The molecular formula is C18H22N4O4. The van der Waals surface area contributed by atoms with Gasteiger partial charge in [0.2, 0.25) is 0 Å². The summed E-state index contributed by atoms with van der Waals surface area (Å²) < 4.78 is 10.5. The van der Waals surface area contributed by atoms with Gasteiger partial charge in [0.25, 0.3) is 5.91 Å². The third-order valence-electron chi connectivity index (χ3n) is 4.41. The number of benzene rings is 1. The van der Waals surface area contributed by atoms with Crippen LogP contribution in [0, 0.1) is 6.92 Å². The summed E-state index contributed by atoms with van der Waals surface area (Å²) in [5, 5.41) is 9.54. The van der Waals surface area contributed by atoms with E-state index in [1.54, 1.807) is 42.5 Å². The lowest BCUT2D eigenvalue weighted by Gasteiger charge is -2.31. The number of hydrogen-bond acceptors (Lipinski definition) is 5. The molecule has 1 aliphatic rings. The van der Waals surface area contributed by atoms with Gasteiger partial charge in [0.1, 0.15) is 17.2 Å². The number of aromatic nitrogens is 2. The first-order valence-corrected chi connectivity index (χ1v) is 8.48. The minimum atomic E-state index is -0.385. The van der Waals surface area contributed by atoms with Gasteiger partial charge in [0.15, 0.2) is 0 Å². The van der Waals surface area contributed by atoms with Crippen LogP contribution in [0.25, 0.3) is 0 Å². The van der Waals surface area contributed by atoms with E-state index >= 15 is 0 Å². The number of carbonyl (C=O) groups is 2. The van der Waals surface area contributed by atoms with Crippen molar-refractivity contribution in [2.75, 3.05) is 20.2 Å². The Hall–Kier alpha value is -3.03. The molecule has 0 bridgehead atoms. The summed E-state index contributed by atoms with van der Waals surface area (Å²) in [6.45, 7) is 2.89. The summed E-state index contributed by atoms with van der Waals surface area (Å²) in [5.41, 5.74) is 1.29. The van der Waals surface area contributed by atoms with Crippen molar-refractivity contribution in [2.24, 2.45) is 0 Å². The maximum Gasteiger partial charge on any atom is 0.415 e. The lowest BCUT2D eigenvalue weighted by molar-refractivity contribution is 0.0904. The van der Waals surface area contributed by atoms with Gasteiger partial charge in [-0.25, -0.2) is 4.79 Å². The quantitative estimate of drug-likeness (QED) is 0.873. The van der Waals surface area contributed by atoms with Crippen molar-refractivity contribution in [3.05, 3.63) is 41.7 Å². The highest BCUT2D eigenvalue weighted by molar-refractivity contribution is 5.93. The highest BCUT2D eigenvalue weighted by atomic mass is 16.6. The first-order valence-electron chi connectivity index (χ1n) is 8.48. The molecule has 0 aliphatic carbocycles. The van der Waals surface area contributed by atoms with E-state index in [-0.39, 0.29) is 18.0 Å². The van der Waals surface area contributed by atoms with Crippen LogP contribution in [0.15, 0.2) is 30.5 Å². The number of methoxy groups -OCH3 is 1. The summed E-state index contributed by atoms with van der Waals surface area (Å²) in [7, 11) is 1.58. The molecular weight excluding hydrogens is 336 g/mol. The van der Waals surface area contributed by atoms with Gasteiger partial charge in [-0.2, -0.15) is 5.10 Å². The molecule has 1 aromatic heterocycles. The average molecular weight is 358 g/mol. The number of nitrogens with one attached hydrogen (secondary N) is 2. The standard InChI is InChI=1S/C18H22N4O4/c1-12-11-19-21-16(12)17(23)20-13-7-9-22(10-8-13)18(24)26-15-5-3-14(25-2)4-6-15/h3-6,11,13H,7-10H2,1-2H3,(H,19,21)(H,20,23). The van der Waals surface area contributed by atoms with Gasteiger partial charge in [-0.05, 0) is 49.6 Å². The summed E-state index contributed by atoms with van der Waals surface area (Å²) >= 11 is 0. The molecule has 0 saturated carbocycles. The van der Waals surface area contributed by atoms with Crippen LogP contribution in [0.4, 0.5) is 4.79 Å². The maximum atomic E-state index is 12.3. The Morgan fingerprint density at radius 1 is 1.19 bits per heavy atom. The Morgan fingerprint density at radius 2 is 1.85 bits per heavy atom. The van der Waals surface area contributed by atoms with E-state index in [1.807, 2.05) is 6.92 Å². The molecule has 0 spiro atoms. The van der Waals surface area contributed by atoms with Gasteiger partial charge in [-0.1, -0.05) is 0 Å². The number of aromatic amines is 1. The summed E-state index contributed by atoms with van der Waals surface area (Å²) in [6, 6.07) is 6.88. The van der Waals surface area contributed by atoms with Gasteiger partial charge in [0.05, 0.1) is 13.3 Å². The SMILES string of the molecule is COc1ccc(OC(=O)N2CCC(NC(=O)c3[nH]ncc3C)CC2)cc1. The van der Waals surface area contributed by atoms with E-state index in [2.05, 4.69) is 15.5 Å². The van der Waals surface area contributed by atoms with E-state index in [0.717, 1.165) is 5.56 Å². The Kier molecular flexibility index (Phi) is 5.40. The minimum absolute atomic E-state index is 0.0234. The van der Waals surface area contributed by atoms with Crippen LogP contribution in [-0.2, 0) is 0 Å². The van der Waals surface area contributed by atoms with Crippen molar-refractivity contribution in [1.82, 2.24) is 20.4 Å². The molecule has 1 aliphatic heterocycles. The molecule has 0 radical (unpaired) electrons. The smallest absolute Gasteiger partial charge is 0.415 e. The second-order valence-electron chi connectivity index (χ2n) is 6.21. The van der Waals surface area contributed by atoms with Crippen LogP contribution in [0.1, 0.15) is 28.9 Å². The Bertz CT molecular complexity index is 764. The Labute approximate surface area is 151 Å². The maximum absolute atomic E-state index is 12.3. The molecule has 8 heteroatoms. The Morgan fingerprint density at radius 3 is 2.42 bits per heavy atom. The number of hydrogen-bond donors (Lipinski definition) is 2. The monoisotopic (exact) mass is 358 g/mol. The van der Waals surface area contributed by atoms with Gasteiger partial charge in [-0.3, -0.25) is 9.89 Å². The lowest BCUT2D eigenvalue weighted by atomic mass is 10.1. The second-order valence-corrected chi connectivity index (χ2v) is 6.21. The molecule has 138 valence electrons. The molecule has 1 fully saturated rings. The highest BCUT2D eigenvalue weighted by Gasteiger charge is 2.26. The third kappa shape index (κ3) is 4.14. The topological polar surface area (TPSA) is 96.5 Å². The molecule has 2 N–H and O–H groups in total. The number of likely N-dealkylation sites (tertiary alicyclic amines) is 1. The van der Waals surface area contributed by atoms with E-state index in [1.165, 1.54) is 0 Å². The number of carbonyl (C=O) groups excluding carboxylic acids is 2. The number of nitrogens with zero attached hydrogens (tertiary/aromatic N) is 2. The number of piperidine rings is 1. The first-order chi connectivity index (χ1) is 12.6. The predicted octanol–water partition coefficient (Wildman–Crippen LogP) is 2.12. The van der Waals surface area contributed by atoms with Crippen molar-refractivity contribution < 1.29 is 19.1 Å². The van der Waals surface area contributed by atoms with Crippen LogP contribution >= 0.6 is 0 Å². The molecule has 2 heterocycles. The van der Waals surface area contributed by atoms with Gasteiger partial charge in [-0.15, -0.1) is 0 Å². The summed E-state index contributed by atoms with van der Waals surface area (Å²) in [5.74, 6) is 1.01. The van der Waals surface area contributed by atoms with Crippen molar-refractivity contribution >= 4 is 12.0 Å². The Balaban J connectivity index is 1.47. The van der Waals surface area contributed by atoms with Crippen molar-refractivity contribution in [1.29, 1.82) is 0 Å². The van der Waals surface area contributed by atoms with E-state index < -0.39 is 0 Å². The zero-order chi connectivity index (χ0) is 18.5. The normalized spacial score (nSPS) is 14.8. The summed E-state index contributed by atoms with van der Waals surface area (Å²) in [6.07, 6.45) is 2.59. The van der Waals surface area contributed by atoms with Crippen molar-refractivity contribution in [3.8, 4) is 11.5 Å². The number of amides is 2. The van der Waals surface area contributed by atoms with Crippen LogP contribution in [0.3, 0.4) is 0 Å². The molecule has 2 aromatic rings. The zero-order valence-electron chi connectivity index (χ0n) is 14.8. The molecule has 3 rings (SSSR count). The number of H-pyrrole nitrogens is 1. The van der Waals surface area contributed by atoms with E-state index in [4.69, 9.17) is 9.47 Å². The van der Waals surface area contributed by atoms with Gasteiger partial charge >= 0.3 is 6.09 Å². The molecule has 1 saturated heterocycles. The van der Waals surface area contributed by atoms with Crippen molar-refractivity contribution in [3.63, 3.8) is 0 Å². The fourth-order valence-corrected chi connectivity index (χ4v) is 2.85.